The number of nitrogens with one attached hydrogen (secondary N) is 1. The average molecular weight is 304 g/mol. The summed E-state index contributed by atoms with van der Waals surface area (Å²) in [5, 5.41) is 2.67. The van der Waals surface area contributed by atoms with E-state index in [1.807, 2.05) is 32.0 Å². The second-order valence-electron chi connectivity index (χ2n) is 5.83. The first kappa shape index (κ1) is 16.3. The van der Waals surface area contributed by atoms with Crippen molar-refractivity contribution in [1.29, 1.82) is 0 Å². The summed E-state index contributed by atoms with van der Waals surface area (Å²) in [6.45, 7) is 5.29. The second kappa shape index (κ2) is 7.29. The molecular weight excluding hydrogens is 280 g/mol. The Labute approximate surface area is 131 Å². The van der Waals surface area contributed by atoms with E-state index < -0.39 is 0 Å². The van der Waals surface area contributed by atoms with Gasteiger partial charge in [0.2, 0.25) is 5.91 Å². The van der Waals surface area contributed by atoms with Crippen LogP contribution in [0.4, 0.5) is 0 Å². The van der Waals surface area contributed by atoms with E-state index in [1.165, 1.54) is 5.56 Å². The van der Waals surface area contributed by atoms with Gasteiger partial charge in [-0.2, -0.15) is 0 Å². The maximum absolute atomic E-state index is 12.2. The molecule has 1 aromatic carbocycles. The molecule has 0 radical (unpaired) electrons. The highest BCUT2D eigenvalue weighted by molar-refractivity contribution is 5.80. The Hall–Kier alpha value is -2.04. The van der Waals surface area contributed by atoms with Gasteiger partial charge in [-0.1, -0.05) is 17.7 Å². The number of carbonyl (C=O) groups is 2. The molecule has 2 amide bonds. The molecule has 1 N–H and O–H groups in total. The van der Waals surface area contributed by atoms with Gasteiger partial charge in [0, 0.05) is 26.1 Å². The minimum absolute atomic E-state index is 0.0182. The summed E-state index contributed by atoms with van der Waals surface area (Å²) in [6, 6.07) is 5.91. The SMILES string of the molecule is CNC(=O)C1CCN(C(=O)COc2ccc(C)cc2C)CC1. The van der Waals surface area contributed by atoms with E-state index in [2.05, 4.69) is 5.32 Å². The Balaban J connectivity index is 1.82. The molecule has 120 valence electrons. The summed E-state index contributed by atoms with van der Waals surface area (Å²) >= 11 is 0. The van der Waals surface area contributed by atoms with Crippen molar-refractivity contribution in [3.63, 3.8) is 0 Å². The van der Waals surface area contributed by atoms with Crippen molar-refractivity contribution in [3.8, 4) is 5.75 Å². The van der Waals surface area contributed by atoms with E-state index in [-0.39, 0.29) is 24.3 Å². The van der Waals surface area contributed by atoms with Gasteiger partial charge in [-0.15, -0.1) is 0 Å². The van der Waals surface area contributed by atoms with Gasteiger partial charge in [0.25, 0.3) is 5.91 Å². The molecule has 0 atom stereocenters. The molecule has 22 heavy (non-hydrogen) atoms. The van der Waals surface area contributed by atoms with Crippen LogP contribution in [0.2, 0.25) is 0 Å². The first-order chi connectivity index (χ1) is 10.5. The normalized spacial score (nSPS) is 15.5. The molecule has 1 aliphatic rings. The highest BCUT2D eigenvalue weighted by atomic mass is 16.5. The molecular formula is C17H24N2O3. The van der Waals surface area contributed by atoms with Crippen molar-refractivity contribution < 1.29 is 14.3 Å². The fraction of sp³-hybridized carbons (Fsp3) is 0.529. The topological polar surface area (TPSA) is 58.6 Å². The van der Waals surface area contributed by atoms with Crippen LogP contribution >= 0.6 is 0 Å². The number of rotatable bonds is 4. The lowest BCUT2D eigenvalue weighted by Gasteiger charge is -2.31. The lowest BCUT2D eigenvalue weighted by atomic mass is 9.96. The van der Waals surface area contributed by atoms with Crippen LogP contribution in [-0.4, -0.2) is 43.5 Å². The van der Waals surface area contributed by atoms with Gasteiger partial charge >= 0.3 is 0 Å². The highest BCUT2D eigenvalue weighted by Crippen LogP contribution is 2.20. The lowest BCUT2D eigenvalue weighted by Crippen LogP contribution is -2.44. The maximum atomic E-state index is 12.2. The number of likely N-dealkylation sites (tertiary alicyclic amines) is 1. The Bertz CT molecular complexity index is 549. The molecule has 1 fully saturated rings. The molecule has 5 nitrogen and oxygen atoms in total. The van der Waals surface area contributed by atoms with E-state index in [0.717, 1.165) is 24.2 Å². The number of aryl methyl sites for hydroxylation is 2. The third-order valence-corrected chi connectivity index (χ3v) is 4.15. The van der Waals surface area contributed by atoms with Crippen molar-refractivity contribution in [3.05, 3.63) is 29.3 Å². The van der Waals surface area contributed by atoms with E-state index in [0.29, 0.717) is 13.1 Å². The van der Waals surface area contributed by atoms with E-state index in [1.54, 1.807) is 11.9 Å². The highest BCUT2D eigenvalue weighted by Gasteiger charge is 2.26. The first-order valence-electron chi connectivity index (χ1n) is 7.70. The third kappa shape index (κ3) is 4.00. The zero-order valence-electron chi connectivity index (χ0n) is 13.5. The number of hydrogen-bond acceptors (Lipinski definition) is 3. The van der Waals surface area contributed by atoms with E-state index in [9.17, 15) is 9.59 Å². The van der Waals surface area contributed by atoms with Crippen molar-refractivity contribution in [2.45, 2.75) is 26.7 Å². The predicted octanol–water partition coefficient (Wildman–Crippen LogP) is 1.67. The fourth-order valence-corrected chi connectivity index (χ4v) is 2.79. The van der Waals surface area contributed by atoms with Gasteiger partial charge in [0.05, 0.1) is 0 Å². The van der Waals surface area contributed by atoms with Crippen LogP contribution in [0.1, 0.15) is 24.0 Å². The number of nitrogens with zero attached hydrogens (tertiary/aromatic N) is 1. The number of carbonyl (C=O) groups excluding carboxylic acids is 2. The number of piperidine rings is 1. The molecule has 1 saturated heterocycles. The summed E-state index contributed by atoms with van der Waals surface area (Å²) < 4.78 is 5.63. The summed E-state index contributed by atoms with van der Waals surface area (Å²) in [4.78, 5) is 25.6. The zero-order chi connectivity index (χ0) is 16.1. The Morgan fingerprint density at radius 3 is 2.55 bits per heavy atom. The Kier molecular flexibility index (Phi) is 5.41. The fourth-order valence-electron chi connectivity index (χ4n) is 2.79. The van der Waals surface area contributed by atoms with Crippen LogP contribution in [0.25, 0.3) is 0 Å². The largest absolute Gasteiger partial charge is 0.484 e. The smallest absolute Gasteiger partial charge is 0.260 e. The summed E-state index contributed by atoms with van der Waals surface area (Å²) in [7, 11) is 1.65. The Morgan fingerprint density at radius 1 is 1.27 bits per heavy atom. The van der Waals surface area contributed by atoms with E-state index >= 15 is 0 Å². The van der Waals surface area contributed by atoms with Crippen LogP contribution in [-0.2, 0) is 9.59 Å². The van der Waals surface area contributed by atoms with Crippen LogP contribution in [0, 0.1) is 19.8 Å². The van der Waals surface area contributed by atoms with Crippen LogP contribution in [0.3, 0.4) is 0 Å². The number of amides is 2. The number of benzene rings is 1. The van der Waals surface area contributed by atoms with Crippen LogP contribution in [0.5, 0.6) is 5.75 Å². The predicted molar refractivity (Wildman–Crippen MR) is 84.8 cm³/mol. The molecule has 1 aromatic rings. The van der Waals surface area contributed by atoms with E-state index in [4.69, 9.17) is 4.74 Å². The summed E-state index contributed by atoms with van der Waals surface area (Å²) in [5.74, 6) is 0.822. The van der Waals surface area contributed by atoms with Crippen molar-refractivity contribution in [1.82, 2.24) is 10.2 Å². The molecule has 0 unspecified atom stereocenters. The molecule has 1 aliphatic heterocycles. The van der Waals surface area contributed by atoms with Crippen LogP contribution < -0.4 is 10.1 Å². The zero-order valence-corrected chi connectivity index (χ0v) is 13.5. The first-order valence-corrected chi connectivity index (χ1v) is 7.70. The van der Waals surface area contributed by atoms with Gasteiger partial charge < -0.3 is 15.0 Å². The molecule has 5 heteroatoms. The lowest BCUT2D eigenvalue weighted by molar-refractivity contribution is -0.137. The van der Waals surface area contributed by atoms with Gasteiger partial charge in [-0.05, 0) is 38.3 Å². The van der Waals surface area contributed by atoms with Crippen molar-refractivity contribution in [2.24, 2.45) is 5.92 Å². The van der Waals surface area contributed by atoms with Gasteiger partial charge in [-0.3, -0.25) is 9.59 Å². The molecule has 0 bridgehead atoms. The monoisotopic (exact) mass is 304 g/mol. The molecule has 0 aromatic heterocycles. The standard InChI is InChI=1S/C17H24N2O3/c1-12-4-5-15(13(2)10-12)22-11-16(20)19-8-6-14(7-9-19)17(21)18-3/h4-5,10,14H,6-9,11H2,1-3H3,(H,18,21). The second-order valence-corrected chi connectivity index (χ2v) is 5.83. The number of hydrogen-bond donors (Lipinski definition) is 1. The maximum Gasteiger partial charge on any atom is 0.260 e. The molecule has 0 spiro atoms. The molecule has 0 aliphatic carbocycles. The van der Waals surface area contributed by atoms with Crippen molar-refractivity contribution in [2.75, 3.05) is 26.7 Å². The molecule has 2 rings (SSSR count). The summed E-state index contributed by atoms with van der Waals surface area (Å²) in [5.41, 5.74) is 2.21. The van der Waals surface area contributed by atoms with Gasteiger partial charge in [0.15, 0.2) is 6.61 Å². The quantitative estimate of drug-likeness (QED) is 0.920. The third-order valence-electron chi connectivity index (χ3n) is 4.15. The minimum atomic E-state index is -0.0182. The molecule has 1 heterocycles. The number of ether oxygens (including phenoxy) is 1. The molecule has 0 saturated carbocycles. The minimum Gasteiger partial charge on any atom is -0.484 e. The average Bonchev–Trinajstić information content (AvgIpc) is 2.53. The summed E-state index contributed by atoms with van der Waals surface area (Å²) in [6.07, 6.45) is 1.43. The Morgan fingerprint density at radius 2 is 1.95 bits per heavy atom. The van der Waals surface area contributed by atoms with Gasteiger partial charge in [-0.25, -0.2) is 0 Å². The van der Waals surface area contributed by atoms with Crippen LogP contribution in [0.15, 0.2) is 18.2 Å². The van der Waals surface area contributed by atoms with Crippen molar-refractivity contribution >= 4 is 11.8 Å². The van der Waals surface area contributed by atoms with Gasteiger partial charge in [0.1, 0.15) is 5.75 Å².